The van der Waals surface area contributed by atoms with Crippen molar-refractivity contribution in [3.8, 4) is 0 Å². The molecule has 1 aromatic carbocycles. The summed E-state index contributed by atoms with van der Waals surface area (Å²) in [5, 5.41) is 0. The minimum Gasteiger partial charge on any atom is -0.330 e. The lowest BCUT2D eigenvalue weighted by Crippen LogP contribution is -2.40. The van der Waals surface area contributed by atoms with Crippen LogP contribution in [0.3, 0.4) is 0 Å². The predicted molar refractivity (Wildman–Crippen MR) is 97.1 cm³/mol. The maximum Gasteiger partial charge on any atom is 0.243 e. The van der Waals surface area contributed by atoms with Crippen molar-refractivity contribution in [3.05, 3.63) is 24.3 Å². The maximum absolute atomic E-state index is 12.9. The Morgan fingerprint density at radius 3 is 2.16 bits per heavy atom. The van der Waals surface area contributed by atoms with E-state index in [1.54, 1.807) is 13.8 Å². The normalized spacial score (nSPS) is 17.9. The van der Waals surface area contributed by atoms with Crippen molar-refractivity contribution in [2.45, 2.75) is 36.5 Å². The summed E-state index contributed by atoms with van der Waals surface area (Å²) in [6.45, 7) is 5.57. The molecular formula is C16H27N3O4S2. The summed E-state index contributed by atoms with van der Waals surface area (Å²) in [5.74, 6) is 0.348. The SMILES string of the molecule is CCN(CC)S(=O)(=O)c1cccc(S(=O)(=O)N2CCC(CN)CC2)c1. The van der Waals surface area contributed by atoms with E-state index in [1.807, 2.05) is 0 Å². The van der Waals surface area contributed by atoms with E-state index in [9.17, 15) is 16.8 Å². The van der Waals surface area contributed by atoms with Gasteiger partial charge in [0, 0.05) is 26.2 Å². The summed E-state index contributed by atoms with van der Waals surface area (Å²) in [6.07, 6.45) is 1.46. The second-order valence-electron chi connectivity index (χ2n) is 6.15. The van der Waals surface area contributed by atoms with Crippen LogP contribution in [-0.4, -0.2) is 58.2 Å². The van der Waals surface area contributed by atoms with Crippen molar-refractivity contribution in [3.63, 3.8) is 0 Å². The average Bonchev–Trinajstić information content (AvgIpc) is 2.62. The van der Waals surface area contributed by atoms with E-state index in [0.717, 1.165) is 12.8 Å². The fraction of sp³-hybridized carbons (Fsp3) is 0.625. The highest BCUT2D eigenvalue weighted by Crippen LogP contribution is 2.25. The maximum atomic E-state index is 12.9. The smallest absolute Gasteiger partial charge is 0.243 e. The molecule has 0 radical (unpaired) electrons. The molecule has 1 aromatic rings. The van der Waals surface area contributed by atoms with Crippen LogP contribution in [0.15, 0.2) is 34.1 Å². The van der Waals surface area contributed by atoms with Gasteiger partial charge < -0.3 is 5.73 Å². The molecule has 0 aliphatic carbocycles. The Hall–Kier alpha value is -1.00. The molecule has 0 spiro atoms. The first-order valence-electron chi connectivity index (χ1n) is 8.57. The number of benzene rings is 1. The Bertz CT molecular complexity index is 781. The van der Waals surface area contributed by atoms with Crippen LogP contribution in [0.25, 0.3) is 0 Å². The van der Waals surface area contributed by atoms with Crippen LogP contribution >= 0.6 is 0 Å². The van der Waals surface area contributed by atoms with Gasteiger partial charge in [0.05, 0.1) is 9.79 Å². The Labute approximate surface area is 150 Å². The number of nitrogens with two attached hydrogens (primary N) is 1. The van der Waals surface area contributed by atoms with Gasteiger partial charge in [-0.2, -0.15) is 8.61 Å². The zero-order valence-electron chi connectivity index (χ0n) is 14.8. The van der Waals surface area contributed by atoms with Gasteiger partial charge in [0.1, 0.15) is 0 Å². The number of nitrogens with zero attached hydrogens (tertiary/aromatic N) is 2. The van der Waals surface area contributed by atoms with Gasteiger partial charge in [0.15, 0.2) is 0 Å². The second-order valence-corrected chi connectivity index (χ2v) is 10.0. The Kier molecular flexibility index (Phi) is 6.61. The van der Waals surface area contributed by atoms with Crippen molar-refractivity contribution >= 4 is 20.0 Å². The number of rotatable bonds is 7. The molecule has 2 N–H and O–H groups in total. The van der Waals surface area contributed by atoms with E-state index < -0.39 is 20.0 Å². The standard InChI is InChI=1S/C16H27N3O4S2/c1-3-18(4-2)24(20,21)15-6-5-7-16(12-15)25(22,23)19-10-8-14(13-17)9-11-19/h5-7,12,14H,3-4,8-11,13,17H2,1-2H3. The third kappa shape index (κ3) is 4.22. The molecule has 1 aliphatic rings. The highest BCUT2D eigenvalue weighted by Gasteiger charge is 2.30. The van der Waals surface area contributed by atoms with Crippen molar-refractivity contribution in [1.82, 2.24) is 8.61 Å². The summed E-state index contributed by atoms with van der Waals surface area (Å²) < 4.78 is 53.7. The molecule has 142 valence electrons. The Balaban J connectivity index is 2.32. The minimum atomic E-state index is -3.71. The number of hydrogen-bond donors (Lipinski definition) is 1. The van der Waals surface area contributed by atoms with Gasteiger partial charge in [0.25, 0.3) is 0 Å². The van der Waals surface area contributed by atoms with E-state index in [-0.39, 0.29) is 9.79 Å². The van der Waals surface area contributed by atoms with Crippen molar-refractivity contribution in [2.24, 2.45) is 11.7 Å². The third-order valence-corrected chi connectivity index (χ3v) is 8.63. The quantitative estimate of drug-likeness (QED) is 0.752. The lowest BCUT2D eigenvalue weighted by molar-refractivity contribution is 0.278. The van der Waals surface area contributed by atoms with Crippen LogP contribution in [0.4, 0.5) is 0 Å². The molecule has 1 aliphatic heterocycles. The molecule has 0 amide bonds. The molecule has 25 heavy (non-hydrogen) atoms. The van der Waals surface area contributed by atoms with E-state index in [0.29, 0.717) is 38.6 Å². The summed E-state index contributed by atoms with van der Waals surface area (Å²) in [7, 11) is -7.40. The summed E-state index contributed by atoms with van der Waals surface area (Å²) in [5.41, 5.74) is 5.65. The van der Waals surface area contributed by atoms with Crippen molar-refractivity contribution in [2.75, 3.05) is 32.7 Å². The number of piperidine rings is 1. The Morgan fingerprint density at radius 2 is 1.64 bits per heavy atom. The van der Waals surface area contributed by atoms with Crippen LogP contribution in [-0.2, 0) is 20.0 Å². The molecule has 1 saturated heterocycles. The van der Waals surface area contributed by atoms with Gasteiger partial charge >= 0.3 is 0 Å². The molecule has 2 rings (SSSR count). The first-order valence-corrected chi connectivity index (χ1v) is 11.5. The molecule has 0 aromatic heterocycles. The highest BCUT2D eigenvalue weighted by molar-refractivity contribution is 7.90. The topological polar surface area (TPSA) is 101 Å². The lowest BCUT2D eigenvalue weighted by Gasteiger charge is -2.30. The van der Waals surface area contributed by atoms with E-state index in [4.69, 9.17) is 5.73 Å². The summed E-state index contributed by atoms with van der Waals surface area (Å²) in [4.78, 5) is 0.0287. The molecule has 0 atom stereocenters. The first kappa shape index (κ1) is 20.3. The monoisotopic (exact) mass is 389 g/mol. The molecule has 0 saturated carbocycles. The largest absolute Gasteiger partial charge is 0.330 e. The molecule has 0 bridgehead atoms. The highest BCUT2D eigenvalue weighted by atomic mass is 32.2. The average molecular weight is 390 g/mol. The van der Waals surface area contributed by atoms with Crippen molar-refractivity contribution < 1.29 is 16.8 Å². The van der Waals surface area contributed by atoms with E-state index >= 15 is 0 Å². The number of sulfonamides is 2. The summed E-state index contributed by atoms with van der Waals surface area (Å²) in [6, 6.07) is 5.63. The Morgan fingerprint density at radius 1 is 1.08 bits per heavy atom. The molecule has 1 fully saturated rings. The lowest BCUT2D eigenvalue weighted by atomic mass is 9.99. The van der Waals surface area contributed by atoms with Gasteiger partial charge in [-0.25, -0.2) is 16.8 Å². The molecule has 1 heterocycles. The fourth-order valence-electron chi connectivity index (χ4n) is 3.04. The van der Waals surface area contributed by atoms with Crippen LogP contribution in [0.2, 0.25) is 0 Å². The van der Waals surface area contributed by atoms with Gasteiger partial charge in [-0.3, -0.25) is 0 Å². The molecule has 7 nitrogen and oxygen atoms in total. The number of hydrogen-bond acceptors (Lipinski definition) is 5. The zero-order valence-corrected chi connectivity index (χ0v) is 16.4. The first-order chi connectivity index (χ1) is 11.8. The minimum absolute atomic E-state index is 0.00844. The molecular weight excluding hydrogens is 362 g/mol. The van der Waals surface area contributed by atoms with Gasteiger partial charge in [-0.1, -0.05) is 19.9 Å². The zero-order chi connectivity index (χ0) is 18.7. The molecule has 9 heteroatoms. The van der Waals surface area contributed by atoms with Crippen LogP contribution in [0.5, 0.6) is 0 Å². The predicted octanol–water partition coefficient (Wildman–Crippen LogP) is 1.08. The van der Waals surface area contributed by atoms with Gasteiger partial charge in [0.2, 0.25) is 20.0 Å². The van der Waals surface area contributed by atoms with Crippen LogP contribution in [0.1, 0.15) is 26.7 Å². The van der Waals surface area contributed by atoms with E-state index in [2.05, 4.69) is 0 Å². The fourth-order valence-corrected chi connectivity index (χ4v) is 6.14. The van der Waals surface area contributed by atoms with Gasteiger partial charge in [-0.15, -0.1) is 0 Å². The van der Waals surface area contributed by atoms with Crippen molar-refractivity contribution in [1.29, 1.82) is 0 Å². The second kappa shape index (κ2) is 8.13. The third-order valence-electron chi connectivity index (χ3n) is 4.69. The summed E-state index contributed by atoms with van der Waals surface area (Å²) >= 11 is 0. The van der Waals surface area contributed by atoms with Crippen LogP contribution in [0, 0.1) is 5.92 Å². The molecule has 0 unspecified atom stereocenters. The van der Waals surface area contributed by atoms with Gasteiger partial charge in [-0.05, 0) is 43.5 Å². The van der Waals surface area contributed by atoms with E-state index in [1.165, 1.54) is 32.9 Å². The van der Waals surface area contributed by atoms with Crippen LogP contribution < -0.4 is 5.73 Å².